The molecule has 0 bridgehead atoms. The van der Waals surface area contributed by atoms with Gasteiger partial charge in [-0.1, -0.05) is 35.9 Å². The Labute approximate surface area is 178 Å². The third-order valence-electron chi connectivity index (χ3n) is 5.41. The van der Waals surface area contributed by atoms with Gasteiger partial charge in [0.15, 0.2) is 5.96 Å². The monoisotopic (exact) mass is 412 g/mol. The molecule has 1 amide bonds. The van der Waals surface area contributed by atoms with Crippen molar-refractivity contribution in [3.05, 3.63) is 70.2 Å². The molecule has 1 fully saturated rings. The molecule has 0 heterocycles. The summed E-state index contributed by atoms with van der Waals surface area (Å²) in [7, 11) is 5.32. The minimum Gasteiger partial charge on any atom is -0.356 e. The van der Waals surface area contributed by atoms with Gasteiger partial charge in [0.2, 0.25) is 0 Å². The summed E-state index contributed by atoms with van der Waals surface area (Å²) in [4.78, 5) is 18.1. The zero-order valence-corrected chi connectivity index (χ0v) is 18.1. The van der Waals surface area contributed by atoms with Gasteiger partial charge in [-0.05, 0) is 54.7 Å². The van der Waals surface area contributed by atoms with Crippen LogP contribution in [0.1, 0.15) is 34.3 Å². The van der Waals surface area contributed by atoms with E-state index in [1.807, 2.05) is 36.4 Å². The summed E-state index contributed by atoms with van der Waals surface area (Å²) in [5.41, 5.74) is 3.35. The maximum Gasteiger partial charge on any atom is 0.253 e. The van der Waals surface area contributed by atoms with Gasteiger partial charge in [-0.25, -0.2) is 0 Å². The number of hydrogen-bond donors (Lipinski definition) is 2. The molecule has 0 unspecified atom stereocenters. The van der Waals surface area contributed by atoms with Gasteiger partial charge >= 0.3 is 0 Å². The smallest absolute Gasteiger partial charge is 0.253 e. The zero-order chi connectivity index (χ0) is 20.9. The fraction of sp³-hybridized carbons (Fsp3) is 0.391. The molecular formula is C23H29ClN4O. The summed E-state index contributed by atoms with van der Waals surface area (Å²) in [5.74, 6) is 0.819. The van der Waals surface area contributed by atoms with E-state index in [2.05, 4.69) is 27.8 Å². The first-order chi connectivity index (χ1) is 13.9. The molecule has 1 saturated carbocycles. The highest BCUT2D eigenvalue weighted by Gasteiger charge is 2.44. The van der Waals surface area contributed by atoms with Crippen molar-refractivity contribution in [3.63, 3.8) is 0 Å². The van der Waals surface area contributed by atoms with Crippen LogP contribution < -0.4 is 10.6 Å². The van der Waals surface area contributed by atoms with Crippen molar-refractivity contribution in [2.24, 2.45) is 4.99 Å². The minimum atomic E-state index is 0.0224. The molecule has 0 saturated heterocycles. The quantitative estimate of drug-likeness (QED) is 0.540. The first-order valence-corrected chi connectivity index (χ1v) is 10.3. The Balaban J connectivity index is 1.50. The lowest BCUT2D eigenvalue weighted by atomic mass is 9.96. The van der Waals surface area contributed by atoms with Crippen LogP contribution in [0.5, 0.6) is 0 Å². The molecular weight excluding hydrogens is 384 g/mol. The molecule has 2 aromatic rings. The molecule has 5 nitrogen and oxygen atoms in total. The number of halogens is 1. The number of nitrogens with zero attached hydrogens (tertiary/aromatic N) is 2. The van der Waals surface area contributed by atoms with Crippen LogP contribution in [-0.4, -0.2) is 51.0 Å². The summed E-state index contributed by atoms with van der Waals surface area (Å²) in [6.07, 6.45) is 3.16. The van der Waals surface area contributed by atoms with E-state index in [-0.39, 0.29) is 11.3 Å². The molecule has 154 valence electrons. The van der Waals surface area contributed by atoms with Crippen molar-refractivity contribution in [1.29, 1.82) is 0 Å². The molecule has 2 aromatic carbocycles. The third kappa shape index (κ3) is 5.51. The summed E-state index contributed by atoms with van der Waals surface area (Å²) < 4.78 is 0. The number of aliphatic imine (C=N–C) groups is 1. The van der Waals surface area contributed by atoms with E-state index < -0.39 is 0 Å². The van der Waals surface area contributed by atoms with Crippen LogP contribution in [0.25, 0.3) is 0 Å². The van der Waals surface area contributed by atoms with Gasteiger partial charge in [-0.15, -0.1) is 0 Å². The predicted octanol–water partition coefficient (Wildman–Crippen LogP) is 3.48. The van der Waals surface area contributed by atoms with Gasteiger partial charge in [-0.2, -0.15) is 0 Å². The highest BCUT2D eigenvalue weighted by Crippen LogP contribution is 2.47. The highest BCUT2D eigenvalue weighted by atomic mass is 35.5. The van der Waals surface area contributed by atoms with E-state index in [0.717, 1.165) is 36.1 Å². The number of hydrogen-bond acceptors (Lipinski definition) is 2. The first kappa shape index (κ1) is 21.2. The molecule has 3 rings (SSSR count). The van der Waals surface area contributed by atoms with Crippen LogP contribution in [-0.2, 0) is 11.8 Å². The summed E-state index contributed by atoms with van der Waals surface area (Å²) in [5, 5.41) is 7.60. The molecule has 0 aromatic heterocycles. The number of carbonyl (C=O) groups is 1. The van der Waals surface area contributed by atoms with Crippen LogP contribution in [0.3, 0.4) is 0 Å². The van der Waals surface area contributed by atoms with Crippen molar-refractivity contribution in [2.75, 3.05) is 34.2 Å². The molecule has 0 spiro atoms. The maximum atomic E-state index is 12.1. The van der Waals surface area contributed by atoms with E-state index in [0.29, 0.717) is 5.56 Å². The molecule has 1 aliphatic carbocycles. The second-order valence-electron chi connectivity index (χ2n) is 7.79. The number of nitrogens with one attached hydrogen (secondary N) is 2. The molecule has 29 heavy (non-hydrogen) atoms. The van der Waals surface area contributed by atoms with E-state index in [1.54, 1.807) is 26.0 Å². The standard InChI is InChI=1S/C23H29ClN4O/c1-25-22(27-16-23(12-13-23)19-7-9-20(24)10-8-19)26-14-11-17-5-4-6-18(15-17)21(29)28(2)3/h4-10,15H,11-14,16H2,1-3H3,(H2,25,26,27). The first-order valence-electron chi connectivity index (χ1n) is 9.95. The van der Waals surface area contributed by atoms with Crippen LogP contribution in [0.4, 0.5) is 0 Å². The van der Waals surface area contributed by atoms with Crippen LogP contribution >= 0.6 is 11.6 Å². The van der Waals surface area contributed by atoms with E-state index >= 15 is 0 Å². The van der Waals surface area contributed by atoms with E-state index in [9.17, 15) is 4.79 Å². The van der Waals surface area contributed by atoms with Gasteiger partial charge in [0.25, 0.3) is 5.91 Å². The predicted molar refractivity (Wildman–Crippen MR) is 120 cm³/mol. The number of benzene rings is 2. The normalized spacial score (nSPS) is 15.0. The Kier molecular flexibility index (Phi) is 6.80. The Morgan fingerprint density at radius 3 is 2.48 bits per heavy atom. The molecule has 1 aliphatic rings. The van der Waals surface area contributed by atoms with E-state index in [4.69, 9.17) is 11.6 Å². The molecule has 6 heteroatoms. The van der Waals surface area contributed by atoms with Crippen molar-refractivity contribution in [1.82, 2.24) is 15.5 Å². The second-order valence-corrected chi connectivity index (χ2v) is 8.23. The second kappa shape index (κ2) is 9.31. The Hall–Kier alpha value is -2.53. The van der Waals surface area contributed by atoms with Gasteiger partial charge in [0.1, 0.15) is 0 Å². The minimum absolute atomic E-state index is 0.0224. The lowest BCUT2D eigenvalue weighted by Gasteiger charge is -2.19. The summed E-state index contributed by atoms with van der Waals surface area (Å²) in [6, 6.07) is 15.9. The maximum absolute atomic E-state index is 12.1. The van der Waals surface area contributed by atoms with Crippen molar-refractivity contribution < 1.29 is 4.79 Å². The summed E-state index contributed by atoms with van der Waals surface area (Å²) >= 11 is 6.02. The SMILES string of the molecule is CN=C(NCCc1cccc(C(=O)N(C)C)c1)NCC1(c2ccc(Cl)cc2)CC1. The average molecular weight is 413 g/mol. The highest BCUT2D eigenvalue weighted by molar-refractivity contribution is 6.30. The number of amides is 1. The molecule has 0 radical (unpaired) electrons. The van der Waals surface area contributed by atoms with Gasteiger partial charge < -0.3 is 15.5 Å². The topological polar surface area (TPSA) is 56.7 Å². The molecule has 0 aliphatic heterocycles. The fourth-order valence-electron chi connectivity index (χ4n) is 3.44. The number of rotatable bonds is 7. The molecule has 2 N–H and O–H groups in total. The van der Waals surface area contributed by atoms with Crippen LogP contribution in [0.2, 0.25) is 5.02 Å². The van der Waals surface area contributed by atoms with Gasteiger partial charge in [0.05, 0.1) is 0 Å². The van der Waals surface area contributed by atoms with Crippen LogP contribution in [0.15, 0.2) is 53.5 Å². The van der Waals surface area contributed by atoms with Crippen molar-refractivity contribution in [3.8, 4) is 0 Å². The lowest BCUT2D eigenvalue weighted by Crippen LogP contribution is -2.42. The van der Waals surface area contributed by atoms with Crippen LogP contribution in [0, 0.1) is 0 Å². The summed E-state index contributed by atoms with van der Waals surface area (Å²) in [6.45, 7) is 1.59. The lowest BCUT2D eigenvalue weighted by molar-refractivity contribution is 0.0827. The van der Waals surface area contributed by atoms with Crippen molar-refractivity contribution in [2.45, 2.75) is 24.7 Å². The fourth-order valence-corrected chi connectivity index (χ4v) is 3.56. The number of guanidine groups is 1. The molecule has 0 atom stereocenters. The number of carbonyl (C=O) groups excluding carboxylic acids is 1. The zero-order valence-electron chi connectivity index (χ0n) is 17.3. The Bertz CT molecular complexity index is 873. The van der Waals surface area contributed by atoms with Gasteiger partial charge in [0, 0.05) is 50.2 Å². The largest absolute Gasteiger partial charge is 0.356 e. The van der Waals surface area contributed by atoms with Crippen molar-refractivity contribution >= 4 is 23.5 Å². The third-order valence-corrected chi connectivity index (χ3v) is 5.67. The average Bonchev–Trinajstić information content (AvgIpc) is 3.51. The van der Waals surface area contributed by atoms with Gasteiger partial charge in [-0.3, -0.25) is 9.79 Å². The Morgan fingerprint density at radius 1 is 1.14 bits per heavy atom. The Morgan fingerprint density at radius 2 is 1.86 bits per heavy atom. The van der Waals surface area contributed by atoms with E-state index in [1.165, 1.54) is 18.4 Å².